The molecule has 0 saturated carbocycles. The molecule has 0 radical (unpaired) electrons. The van der Waals surface area contributed by atoms with E-state index in [1.54, 1.807) is 0 Å². The van der Waals surface area contributed by atoms with E-state index in [9.17, 15) is 4.79 Å². The van der Waals surface area contributed by atoms with Crippen molar-refractivity contribution in [3.8, 4) is 0 Å². The molecule has 0 unspecified atom stereocenters. The Morgan fingerprint density at radius 1 is 0.771 bits per heavy atom. The van der Waals surface area contributed by atoms with Crippen LogP contribution in [-0.2, 0) is 22.4 Å². The van der Waals surface area contributed by atoms with Crippen LogP contribution in [-0.4, -0.2) is 53.0 Å². The second-order valence-corrected chi connectivity index (χ2v) is 8.36. The number of nitrogens with zero attached hydrogens (tertiary/aromatic N) is 1. The number of fused-ring (bicyclic) bond motifs is 2. The molecule has 3 aromatic rings. The highest BCUT2D eigenvalue weighted by molar-refractivity contribution is 6.27. The predicted octanol–water partition coefficient (Wildman–Crippen LogP) is 4.58. The number of aliphatic carboxylic acids is 2. The molecule has 0 spiro atoms. The lowest BCUT2D eigenvalue weighted by atomic mass is 9.93. The lowest BCUT2D eigenvalue weighted by molar-refractivity contribution is -0.159. The second kappa shape index (κ2) is 12.4. The fraction of sp³-hybridized carbons (Fsp3) is 0.207. The molecule has 0 fully saturated rings. The zero-order valence-corrected chi connectivity index (χ0v) is 19.7. The highest BCUT2D eigenvalue weighted by Gasteiger charge is 2.17. The summed E-state index contributed by atoms with van der Waals surface area (Å²) in [6.45, 7) is 1.30. The summed E-state index contributed by atoms with van der Waals surface area (Å²) in [5, 5.41) is 14.8. The fourth-order valence-electron chi connectivity index (χ4n) is 4.11. The molecule has 35 heavy (non-hydrogen) atoms. The van der Waals surface area contributed by atoms with E-state index in [1.807, 2.05) is 37.4 Å². The molecule has 1 aliphatic rings. The Morgan fingerprint density at radius 2 is 1.26 bits per heavy atom. The van der Waals surface area contributed by atoms with Gasteiger partial charge in [0.15, 0.2) is 5.78 Å². The average Bonchev–Trinajstić information content (AvgIpc) is 3.02. The maximum atomic E-state index is 12.4. The van der Waals surface area contributed by atoms with E-state index >= 15 is 0 Å². The first-order valence-corrected chi connectivity index (χ1v) is 11.5. The quantitative estimate of drug-likeness (QED) is 0.404. The van der Waals surface area contributed by atoms with Crippen LogP contribution < -0.4 is 0 Å². The molecule has 6 heteroatoms. The van der Waals surface area contributed by atoms with Gasteiger partial charge >= 0.3 is 11.9 Å². The number of aryl methyl sites for hydroxylation is 2. The minimum absolute atomic E-state index is 0.172. The van der Waals surface area contributed by atoms with Crippen molar-refractivity contribution < 1.29 is 24.6 Å². The third-order valence-corrected chi connectivity index (χ3v) is 5.83. The number of carboxylic acids is 2. The van der Waals surface area contributed by atoms with E-state index in [0.29, 0.717) is 6.54 Å². The van der Waals surface area contributed by atoms with Gasteiger partial charge in [0.05, 0.1) is 6.54 Å². The first kappa shape index (κ1) is 25.6. The number of carbonyl (C=O) groups excluding carboxylic acids is 1. The molecule has 4 rings (SSSR count). The van der Waals surface area contributed by atoms with Gasteiger partial charge in [0.2, 0.25) is 0 Å². The van der Waals surface area contributed by atoms with Crippen molar-refractivity contribution in [3.63, 3.8) is 0 Å². The van der Waals surface area contributed by atoms with Gasteiger partial charge in [-0.1, -0.05) is 84.9 Å². The summed E-state index contributed by atoms with van der Waals surface area (Å²) in [5.74, 6) is -3.48. The summed E-state index contributed by atoms with van der Waals surface area (Å²) in [6.07, 6.45) is 5.43. The molecule has 0 heterocycles. The number of likely N-dealkylation sites (N-methyl/N-ethyl adjacent to an activating group) is 1. The molecular formula is C29H29NO5. The maximum absolute atomic E-state index is 12.4. The van der Waals surface area contributed by atoms with Crippen LogP contribution in [0.15, 0.2) is 84.9 Å². The first-order chi connectivity index (χ1) is 16.9. The third kappa shape index (κ3) is 7.22. The van der Waals surface area contributed by atoms with Crippen LogP contribution in [0.2, 0.25) is 0 Å². The van der Waals surface area contributed by atoms with Crippen molar-refractivity contribution >= 4 is 23.3 Å². The van der Waals surface area contributed by atoms with Crippen LogP contribution >= 0.6 is 0 Å². The van der Waals surface area contributed by atoms with Crippen molar-refractivity contribution in [1.29, 1.82) is 0 Å². The summed E-state index contributed by atoms with van der Waals surface area (Å²) in [6, 6.07) is 27.1. The minimum atomic E-state index is -1.82. The Morgan fingerprint density at radius 3 is 1.77 bits per heavy atom. The standard InChI is InChI=1S/C27H27NO.C2H2O4/c1-28(20-27(29)23-12-3-2-4-13-23)19-9-16-26-24-14-7-5-10-21(24)17-18-22-11-6-8-15-25(22)26;3-1(4)2(5)6/h2-8,10-16H,9,17-20H2,1H3;(H,3,4)(H,5,6). The van der Waals surface area contributed by atoms with Crippen LogP contribution in [0, 0.1) is 0 Å². The van der Waals surface area contributed by atoms with Crippen LogP contribution in [0.1, 0.15) is 39.0 Å². The van der Waals surface area contributed by atoms with Gasteiger partial charge in [-0.25, -0.2) is 9.59 Å². The molecule has 0 aromatic heterocycles. The lowest BCUT2D eigenvalue weighted by Crippen LogP contribution is -2.26. The van der Waals surface area contributed by atoms with Gasteiger partial charge in [-0.05, 0) is 54.1 Å². The van der Waals surface area contributed by atoms with Crippen LogP contribution in [0.25, 0.3) is 5.57 Å². The third-order valence-electron chi connectivity index (χ3n) is 5.83. The van der Waals surface area contributed by atoms with E-state index in [1.165, 1.54) is 27.8 Å². The number of hydrogen-bond donors (Lipinski definition) is 2. The molecule has 3 aromatic carbocycles. The van der Waals surface area contributed by atoms with Gasteiger partial charge in [-0.2, -0.15) is 0 Å². The van der Waals surface area contributed by atoms with E-state index in [-0.39, 0.29) is 5.78 Å². The molecule has 2 N–H and O–H groups in total. The number of hydrogen-bond acceptors (Lipinski definition) is 4. The number of ketones is 1. The monoisotopic (exact) mass is 471 g/mol. The highest BCUT2D eigenvalue weighted by atomic mass is 16.4. The molecule has 0 amide bonds. The average molecular weight is 472 g/mol. The summed E-state index contributed by atoms with van der Waals surface area (Å²) in [5.41, 5.74) is 7.65. The Balaban J connectivity index is 0.000000509. The molecule has 1 aliphatic carbocycles. The zero-order valence-electron chi connectivity index (χ0n) is 19.7. The molecule has 0 saturated heterocycles. The van der Waals surface area contributed by atoms with E-state index in [2.05, 4.69) is 59.5 Å². The highest BCUT2D eigenvalue weighted by Crippen LogP contribution is 2.33. The minimum Gasteiger partial charge on any atom is -0.473 e. The summed E-state index contributed by atoms with van der Waals surface area (Å²) in [7, 11) is 2.02. The number of rotatable bonds is 6. The van der Waals surface area contributed by atoms with Crippen LogP contribution in [0.4, 0.5) is 0 Å². The number of Topliss-reactive ketones (excluding diaryl/α,β-unsaturated/α-hetero) is 1. The Labute approximate surface area is 205 Å². The topological polar surface area (TPSA) is 94.9 Å². The van der Waals surface area contributed by atoms with E-state index in [4.69, 9.17) is 19.8 Å². The zero-order chi connectivity index (χ0) is 25.2. The van der Waals surface area contributed by atoms with Gasteiger partial charge in [-0.15, -0.1) is 0 Å². The molecule has 0 aliphatic heterocycles. The van der Waals surface area contributed by atoms with Gasteiger partial charge < -0.3 is 10.2 Å². The van der Waals surface area contributed by atoms with Gasteiger partial charge in [0.25, 0.3) is 0 Å². The number of carboxylic acid groups (broad SMARTS) is 2. The summed E-state index contributed by atoms with van der Waals surface area (Å²) >= 11 is 0. The van der Waals surface area contributed by atoms with E-state index in [0.717, 1.165) is 31.4 Å². The summed E-state index contributed by atoms with van der Waals surface area (Å²) in [4.78, 5) is 32.7. The maximum Gasteiger partial charge on any atom is 0.414 e. The van der Waals surface area contributed by atoms with Crippen LogP contribution in [0.5, 0.6) is 0 Å². The van der Waals surface area contributed by atoms with Crippen molar-refractivity contribution in [2.75, 3.05) is 20.1 Å². The van der Waals surface area contributed by atoms with Crippen molar-refractivity contribution in [3.05, 3.63) is 113 Å². The molecule has 0 bridgehead atoms. The molecular weight excluding hydrogens is 442 g/mol. The molecule has 0 atom stereocenters. The SMILES string of the molecule is CN(CCC=C1c2ccccc2CCc2ccccc21)CC(=O)c1ccccc1.O=C(O)C(=O)O. The Hall–Kier alpha value is -4.03. The first-order valence-electron chi connectivity index (χ1n) is 11.5. The Bertz CT molecular complexity index is 1160. The lowest BCUT2D eigenvalue weighted by Gasteiger charge is -2.16. The van der Waals surface area contributed by atoms with Crippen molar-refractivity contribution in [1.82, 2.24) is 4.90 Å². The smallest absolute Gasteiger partial charge is 0.414 e. The van der Waals surface area contributed by atoms with Gasteiger partial charge in [-0.3, -0.25) is 9.69 Å². The van der Waals surface area contributed by atoms with Gasteiger partial charge in [0.1, 0.15) is 0 Å². The second-order valence-electron chi connectivity index (χ2n) is 8.36. The van der Waals surface area contributed by atoms with Crippen molar-refractivity contribution in [2.24, 2.45) is 0 Å². The predicted molar refractivity (Wildman–Crippen MR) is 136 cm³/mol. The fourth-order valence-corrected chi connectivity index (χ4v) is 4.11. The largest absolute Gasteiger partial charge is 0.473 e. The molecule has 6 nitrogen and oxygen atoms in total. The van der Waals surface area contributed by atoms with Crippen molar-refractivity contribution in [2.45, 2.75) is 19.3 Å². The Kier molecular flexibility index (Phi) is 9.09. The molecule has 180 valence electrons. The van der Waals surface area contributed by atoms with Gasteiger partial charge in [0, 0.05) is 12.1 Å². The normalized spacial score (nSPS) is 11.9. The number of benzene rings is 3. The summed E-state index contributed by atoms with van der Waals surface area (Å²) < 4.78 is 0. The van der Waals surface area contributed by atoms with Crippen LogP contribution in [0.3, 0.4) is 0 Å². The van der Waals surface area contributed by atoms with E-state index < -0.39 is 11.9 Å². The number of carbonyl (C=O) groups is 3.